The van der Waals surface area contributed by atoms with E-state index in [0.717, 1.165) is 11.5 Å². The van der Waals surface area contributed by atoms with Gasteiger partial charge in [-0.05, 0) is 18.4 Å². The monoisotopic (exact) mass is 361 g/mol. The molecule has 2 unspecified atom stereocenters. The Bertz CT molecular complexity index is 554. The van der Waals surface area contributed by atoms with Crippen LogP contribution in [-0.4, -0.2) is 37.0 Å². The summed E-state index contributed by atoms with van der Waals surface area (Å²) in [5.74, 6) is 0.643. The van der Waals surface area contributed by atoms with Gasteiger partial charge in [0, 0.05) is 0 Å². The highest BCUT2D eigenvalue weighted by molar-refractivity contribution is 5.92. The third kappa shape index (κ3) is 7.26. The van der Waals surface area contributed by atoms with Gasteiger partial charge in [0.25, 0.3) is 0 Å². The number of amides is 1. The molecule has 1 N–H and O–H groups in total. The van der Waals surface area contributed by atoms with E-state index in [2.05, 4.69) is 12.2 Å². The smallest absolute Gasteiger partial charge is 0.246 e. The Morgan fingerprint density at radius 3 is 2.38 bits per heavy atom. The molecule has 144 valence electrons. The highest BCUT2D eigenvalue weighted by Crippen LogP contribution is 2.22. The molecule has 0 bridgehead atoms. The number of carbonyl (C=O) groups is 2. The molecule has 2 aliphatic rings. The summed E-state index contributed by atoms with van der Waals surface area (Å²) in [6, 6.07) is 9.04. The van der Waals surface area contributed by atoms with Gasteiger partial charge in [-0.3, -0.25) is 9.59 Å². The molecule has 3 rings (SSSR count). The third-order valence-electron chi connectivity index (χ3n) is 4.86. The van der Waals surface area contributed by atoms with Crippen molar-refractivity contribution in [3.8, 4) is 0 Å². The Hall–Kier alpha value is -1.72. The summed E-state index contributed by atoms with van der Waals surface area (Å²) >= 11 is 0. The lowest BCUT2D eigenvalue weighted by Gasteiger charge is -2.15. The van der Waals surface area contributed by atoms with Gasteiger partial charge in [0.05, 0.1) is 12.7 Å². The maximum absolute atomic E-state index is 11.6. The van der Waals surface area contributed by atoms with E-state index in [4.69, 9.17) is 9.47 Å². The van der Waals surface area contributed by atoms with Gasteiger partial charge in [0.15, 0.2) is 5.78 Å². The minimum Gasteiger partial charge on any atom is -0.368 e. The van der Waals surface area contributed by atoms with Crippen LogP contribution in [0.5, 0.6) is 0 Å². The predicted octanol–water partition coefficient (Wildman–Crippen LogP) is 3.26. The fourth-order valence-corrected chi connectivity index (χ4v) is 3.22. The lowest BCUT2D eigenvalue weighted by Crippen LogP contribution is -2.45. The quantitative estimate of drug-likeness (QED) is 0.874. The molecule has 5 nitrogen and oxygen atoms in total. The Morgan fingerprint density at radius 2 is 1.85 bits per heavy atom. The molecule has 1 aromatic carbocycles. The predicted molar refractivity (Wildman–Crippen MR) is 101 cm³/mol. The number of benzene rings is 1. The lowest BCUT2D eigenvalue weighted by atomic mass is 9.91. The first kappa shape index (κ1) is 20.6. The van der Waals surface area contributed by atoms with Crippen molar-refractivity contribution in [3.63, 3.8) is 0 Å². The fraction of sp³-hybridized carbons (Fsp3) is 0.619. The van der Waals surface area contributed by atoms with Crippen LogP contribution in [0.25, 0.3) is 0 Å². The number of nitrogens with one attached hydrogen (secondary N) is 1. The van der Waals surface area contributed by atoms with E-state index < -0.39 is 6.04 Å². The second-order valence-corrected chi connectivity index (χ2v) is 7.25. The summed E-state index contributed by atoms with van der Waals surface area (Å²) < 4.78 is 10.4. The number of hydrogen-bond donors (Lipinski definition) is 1. The summed E-state index contributed by atoms with van der Waals surface area (Å²) in [6.45, 7) is 4.50. The molecule has 1 aromatic rings. The SMILES string of the molecule is CC1CCCCC1.CC1OCC(=O)C1NC(=O)COCc1ccccc1. The van der Waals surface area contributed by atoms with Crippen molar-refractivity contribution in [2.45, 2.75) is 64.7 Å². The molecule has 5 heteroatoms. The minimum atomic E-state index is -0.548. The van der Waals surface area contributed by atoms with Crippen LogP contribution in [-0.2, 0) is 25.7 Å². The van der Waals surface area contributed by atoms with Crippen LogP contribution in [0, 0.1) is 5.92 Å². The minimum absolute atomic E-state index is 0.0641. The van der Waals surface area contributed by atoms with Crippen molar-refractivity contribution in [2.24, 2.45) is 5.92 Å². The molecule has 0 aromatic heterocycles. The van der Waals surface area contributed by atoms with Crippen LogP contribution in [0.15, 0.2) is 30.3 Å². The number of hydrogen-bond acceptors (Lipinski definition) is 4. The molecule has 1 aliphatic carbocycles. The Labute approximate surface area is 156 Å². The first-order valence-electron chi connectivity index (χ1n) is 9.61. The number of ether oxygens (including phenoxy) is 2. The maximum atomic E-state index is 11.6. The molecule has 1 heterocycles. The molecule has 2 atom stereocenters. The van der Waals surface area contributed by atoms with Gasteiger partial charge in [-0.15, -0.1) is 0 Å². The van der Waals surface area contributed by atoms with Gasteiger partial charge >= 0.3 is 0 Å². The summed E-state index contributed by atoms with van der Waals surface area (Å²) in [5.41, 5.74) is 1.00. The van der Waals surface area contributed by atoms with E-state index >= 15 is 0 Å². The zero-order valence-corrected chi connectivity index (χ0v) is 15.9. The zero-order valence-electron chi connectivity index (χ0n) is 15.9. The average Bonchev–Trinajstić information content (AvgIpc) is 2.96. The van der Waals surface area contributed by atoms with Crippen LogP contribution in [0.4, 0.5) is 0 Å². The Kier molecular flexibility index (Phi) is 8.78. The van der Waals surface area contributed by atoms with Crippen LogP contribution >= 0.6 is 0 Å². The molecule has 2 fully saturated rings. The zero-order chi connectivity index (χ0) is 18.8. The average molecular weight is 361 g/mol. The summed E-state index contributed by atoms with van der Waals surface area (Å²) in [4.78, 5) is 23.1. The van der Waals surface area contributed by atoms with Crippen molar-refractivity contribution in [3.05, 3.63) is 35.9 Å². The van der Waals surface area contributed by atoms with Crippen molar-refractivity contribution in [1.29, 1.82) is 0 Å². The molecule has 1 saturated heterocycles. The van der Waals surface area contributed by atoms with Gasteiger partial charge in [-0.1, -0.05) is 69.4 Å². The van der Waals surface area contributed by atoms with Gasteiger partial charge in [0.1, 0.15) is 19.3 Å². The summed E-state index contributed by atoms with van der Waals surface area (Å²) in [7, 11) is 0. The lowest BCUT2D eigenvalue weighted by molar-refractivity contribution is -0.129. The molecule has 1 amide bonds. The first-order valence-corrected chi connectivity index (χ1v) is 9.61. The molecule has 1 aliphatic heterocycles. The second-order valence-electron chi connectivity index (χ2n) is 7.25. The Balaban J connectivity index is 0.000000290. The maximum Gasteiger partial charge on any atom is 0.246 e. The number of Topliss-reactive ketones (excluding diaryl/α,β-unsaturated/α-hetero) is 1. The number of carbonyl (C=O) groups excluding carboxylic acids is 2. The van der Waals surface area contributed by atoms with Gasteiger partial charge in [-0.2, -0.15) is 0 Å². The summed E-state index contributed by atoms with van der Waals surface area (Å²) in [5, 5.41) is 2.63. The highest BCUT2D eigenvalue weighted by atomic mass is 16.5. The second kappa shape index (κ2) is 11.1. The Morgan fingerprint density at radius 1 is 1.15 bits per heavy atom. The van der Waals surface area contributed by atoms with Crippen molar-refractivity contribution in [1.82, 2.24) is 5.32 Å². The molecule has 26 heavy (non-hydrogen) atoms. The molecular formula is C21H31NO4. The van der Waals surface area contributed by atoms with Crippen LogP contribution in [0.1, 0.15) is 51.5 Å². The first-order chi connectivity index (χ1) is 12.6. The van der Waals surface area contributed by atoms with E-state index in [9.17, 15) is 9.59 Å². The highest BCUT2D eigenvalue weighted by Gasteiger charge is 2.33. The van der Waals surface area contributed by atoms with Gasteiger partial charge < -0.3 is 14.8 Å². The van der Waals surface area contributed by atoms with Gasteiger partial charge in [0.2, 0.25) is 5.91 Å². The number of ketones is 1. The van der Waals surface area contributed by atoms with Crippen LogP contribution < -0.4 is 5.32 Å². The standard InChI is InChI=1S/C14H17NO4.C7H14/c1-10-14(12(16)8-19-10)15-13(17)9-18-7-11-5-3-2-4-6-11;1-7-5-3-2-4-6-7/h2-6,10,14H,7-9H2,1H3,(H,15,17);7H,2-6H2,1H3. The summed E-state index contributed by atoms with van der Waals surface area (Å²) in [6.07, 6.45) is 7.16. The number of rotatable bonds is 5. The van der Waals surface area contributed by atoms with E-state index in [0.29, 0.717) is 6.61 Å². The van der Waals surface area contributed by atoms with Crippen molar-refractivity contribution >= 4 is 11.7 Å². The van der Waals surface area contributed by atoms with E-state index in [1.165, 1.54) is 32.1 Å². The third-order valence-corrected chi connectivity index (χ3v) is 4.86. The van der Waals surface area contributed by atoms with Crippen molar-refractivity contribution in [2.75, 3.05) is 13.2 Å². The molecule has 0 spiro atoms. The fourth-order valence-electron chi connectivity index (χ4n) is 3.22. The van der Waals surface area contributed by atoms with E-state index in [-0.39, 0.29) is 31.0 Å². The normalized spacial score (nSPS) is 23.2. The van der Waals surface area contributed by atoms with Gasteiger partial charge in [-0.25, -0.2) is 0 Å². The largest absolute Gasteiger partial charge is 0.368 e. The molecule has 0 radical (unpaired) electrons. The van der Waals surface area contributed by atoms with E-state index in [1.54, 1.807) is 6.92 Å². The molecule has 1 saturated carbocycles. The van der Waals surface area contributed by atoms with E-state index in [1.807, 2.05) is 30.3 Å². The molecular weight excluding hydrogens is 330 g/mol. The van der Waals surface area contributed by atoms with Crippen LogP contribution in [0.3, 0.4) is 0 Å². The van der Waals surface area contributed by atoms with Crippen molar-refractivity contribution < 1.29 is 19.1 Å². The van der Waals surface area contributed by atoms with Crippen LogP contribution in [0.2, 0.25) is 0 Å². The topological polar surface area (TPSA) is 64.6 Å².